The third-order valence-corrected chi connectivity index (χ3v) is 5.27. The van der Waals surface area contributed by atoms with Crippen molar-refractivity contribution in [2.75, 3.05) is 53.0 Å². The highest BCUT2D eigenvalue weighted by Crippen LogP contribution is 2.20. The number of aromatic nitrogens is 1. The summed E-state index contributed by atoms with van der Waals surface area (Å²) in [6.07, 6.45) is 0.809. The maximum Gasteiger partial charge on any atom is 0.255 e. The van der Waals surface area contributed by atoms with Crippen LogP contribution < -0.4 is 5.32 Å². The van der Waals surface area contributed by atoms with Crippen molar-refractivity contribution in [3.63, 3.8) is 0 Å². The molecule has 7 nitrogen and oxygen atoms in total. The number of pyridine rings is 1. The summed E-state index contributed by atoms with van der Waals surface area (Å²) in [6.45, 7) is 8.16. The Kier molecular flexibility index (Phi) is 7.17. The van der Waals surface area contributed by atoms with Gasteiger partial charge in [-0.15, -0.1) is 0 Å². The molecule has 1 aliphatic rings. The molecule has 1 aromatic carbocycles. The Hall–Kier alpha value is -2.51. The van der Waals surface area contributed by atoms with E-state index in [-0.39, 0.29) is 11.8 Å². The largest absolute Gasteiger partial charge is 0.385 e. The summed E-state index contributed by atoms with van der Waals surface area (Å²) >= 11 is 0. The summed E-state index contributed by atoms with van der Waals surface area (Å²) in [5, 5.41) is 3.88. The van der Waals surface area contributed by atoms with Gasteiger partial charge in [-0.3, -0.25) is 19.5 Å². The quantitative estimate of drug-likeness (QED) is 0.720. The van der Waals surface area contributed by atoms with Crippen molar-refractivity contribution in [2.45, 2.75) is 20.3 Å². The first kappa shape index (κ1) is 21.2. The molecule has 29 heavy (non-hydrogen) atoms. The fourth-order valence-corrected chi connectivity index (χ4v) is 3.57. The summed E-state index contributed by atoms with van der Waals surface area (Å²) in [5.41, 5.74) is 3.49. The number of hydrogen-bond acceptors (Lipinski definition) is 5. The Morgan fingerprint density at radius 1 is 1.14 bits per heavy atom. The van der Waals surface area contributed by atoms with Gasteiger partial charge in [0.05, 0.1) is 23.3 Å². The van der Waals surface area contributed by atoms with Crippen LogP contribution in [0, 0.1) is 13.8 Å². The molecule has 156 valence electrons. The highest BCUT2D eigenvalue weighted by atomic mass is 16.5. The highest BCUT2D eigenvalue weighted by Gasteiger charge is 2.24. The molecule has 0 aliphatic carbocycles. The molecular weight excluding hydrogens is 368 g/mol. The number of aryl methyl sites for hydroxylation is 2. The van der Waals surface area contributed by atoms with E-state index in [1.54, 1.807) is 7.11 Å². The number of amides is 2. The van der Waals surface area contributed by atoms with Crippen LogP contribution in [0.3, 0.4) is 0 Å². The van der Waals surface area contributed by atoms with Gasteiger partial charge in [0.1, 0.15) is 0 Å². The lowest BCUT2D eigenvalue weighted by Crippen LogP contribution is -2.51. The van der Waals surface area contributed by atoms with Crippen molar-refractivity contribution >= 4 is 22.7 Å². The molecule has 2 aromatic rings. The first-order valence-electron chi connectivity index (χ1n) is 10.1. The van der Waals surface area contributed by atoms with E-state index in [0.29, 0.717) is 51.4 Å². The van der Waals surface area contributed by atoms with Crippen LogP contribution in [0.4, 0.5) is 0 Å². The standard InChI is InChI=1S/C22H30N4O3/c1-16-5-6-18-14-19(17(2)24-20(18)13-16)22(28)26-10-8-25(9-11-26)15-21(27)23-7-4-12-29-3/h5-6,13-14H,4,7-12,15H2,1-3H3,(H,23,27). The second-order valence-electron chi connectivity index (χ2n) is 7.58. The van der Waals surface area contributed by atoms with Gasteiger partial charge in [0.2, 0.25) is 5.91 Å². The number of methoxy groups -OCH3 is 1. The molecule has 3 rings (SSSR count). The second kappa shape index (κ2) is 9.80. The smallest absolute Gasteiger partial charge is 0.255 e. The Morgan fingerprint density at radius 3 is 2.62 bits per heavy atom. The molecule has 0 radical (unpaired) electrons. The van der Waals surface area contributed by atoms with E-state index in [0.717, 1.165) is 28.6 Å². The Bertz CT molecular complexity index is 876. The van der Waals surface area contributed by atoms with E-state index in [1.165, 1.54) is 0 Å². The van der Waals surface area contributed by atoms with Gasteiger partial charge < -0.3 is 15.0 Å². The molecule has 0 bridgehead atoms. The Morgan fingerprint density at radius 2 is 1.90 bits per heavy atom. The van der Waals surface area contributed by atoms with E-state index in [2.05, 4.69) is 15.2 Å². The molecule has 1 saturated heterocycles. The van der Waals surface area contributed by atoms with Gasteiger partial charge in [-0.05, 0) is 38.0 Å². The number of nitrogens with zero attached hydrogens (tertiary/aromatic N) is 3. The number of hydrogen-bond donors (Lipinski definition) is 1. The number of fused-ring (bicyclic) bond motifs is 1. The fourth-order valence-electron chi connectivity index (χ4n) is 3.57. The van der Waals surface area contributed by atoms with Crippen molar-refractivity contribution in [2.24, 2.45) is 0 Å². The van der Waals surface area contributed by atoms with Gasteiger partial charge in [-0.2, -0.15) is 0 Å². The van der Waals surface area contributed by atoms with Gasteiger partial charge >= 0.3 is 0 Å². The lowest BCUT2D eigenvalue weighted by molar-refractivity contribution is -0.122. The van der Waals surface area contributed by atoms with Crippen LogP contribution in [0.5, 0.6) is 0 Å². The predicted molar refractivity (Wildman–Crippen MR) is 113 cm³/mol. The summed E-state index contributed by atoms with van der Waals surface area (Å²) in [5.74, 6) is 0.0342. The van der Waals surface area contributed by atoms with Crippen LogP contribution in [-0.4, -0.2) is 79.6 Å². The van der Waals surface area contributed by atoms with Gasteiger partial charge in [0.15, 0.2) is 0 Å². The minimum atomic E-state index is 0.0149. The van der Waals surface area contributed by atoms with Crippen LogP contribution in [-0.2, 0) is 9.53 Å². The minimum absolute atomic E-state index is 0.0149. The Labute approximate surface area is 172 Å². The molecule has 1 aliphatic heterocycles. The Balaban J connectivity index is 1.55. The maximum absolute atomic E-state index is 13.0. The average Bonchev–Trinajstić information content (AvgIpc) is 2.71. The molecule has 7 heteroatoms. The molecule has 2 amide bonds. The van der Waals surface area contributed by atoms with Gasteiger partial charge in [0, 0.05) is 51.8 Å². The molecule has 1 N–H and O–H groups in total. The summed E-state index contributed by atoms with van der Waals surface area (Å²) < 4.78 is 4.98. The van der Waals surface area contributed by atoms with Crippen LogP contribution in [0.15, 0.2) is 24.3 Å². The zero-order valence-electron chi connectivity index (χ0n) is 17.5. The molecule has 1 fully saturated rings. The van der Waals surface area contributed by atoms with Gasteiger partial charge in [-0.25, -0.2) is 0 Å². The topological polar surface area (TPSA) is 74.8 Å². The number of carbonyl (C=O) groups is 2. The van der Waals surface area contributed by atoms with Gasteiger partial charge in [0.25, 0.3) is 5.91 Å². The zero-order valence-corrected chi connectivity index (χ0v) is 17.5. The van der Waals surface area contributed by atoms with E-state index >= 15 is 0 Å². The zero-order chi connectivity index (χ0) is 20.8. The molecule has 0 unspecified atom stereocenters. The lowest BCUT2D eigenvalue weighted by Gasteiger charge is -2.34. The number of ether oxygens (including phenoxy) is 1. The normalized spacial score (nSPS) is 14.9. The van der Waals surface area contributed by atoms with Crippen LogP contribution in [0.25, 0.3) is 10.9 Å². The van der Waals surface area contributed by atoms with Crippen LogP contribution >= 0.6 is 0 Å². The van der Waals surface area contributed by atoms with E-state index in [9.17, 15) is 9.59 Å². The van der Waals surface area contributed by atoms with Crippen molar-refractivity contribution in [1.29, 1.82) is 0 Å². The van der Waals surface area contributed by atoms with Crippen molar-refractivity contribution in [3.05, 3.63) is 41.1 Å². The monoisotopic (exact) mass is 398 g/mol. The second-order valence-corrected chi connectivity index (χ2v) is 7.58. The molecule has 0 saturated carbocycles. The first-order chi connectivity index (χ1) is 14.0. The molecule has 0 atom stereocenters. The summed E-state index contributed by atoms with van der Waals surface area (Å²) in [4.78, 5) is 33.6. The summed E-state index contributed by atoms with van der Waals surface area (Å²) in [7, 11) is 1.65. The number of carbonyl (C=O) groups excluding carboxylic acids is 2. The van der Waals surface area contributed by atoms with Crippen LogP contribution in [0.2, 0.25) is 0 Å². The third-order valence-electron chi connectivity index (χ3n) is 5.27. The van der Waals surface area contributed by atoms with E-state index in [1.807, 2.05) is 43.0 Å². The average molecular weight is 399 g/mol. The predicted octanol–water partition coefficient (Wildman–Crippen LogP) is 1.76. The minimum Gasteiger partial charge on any atom is -0.385 e. The first-order valence-corrected chi connectivity index (χ1v) is 10.1. The fraction of sp³-hybridized carbons (Fsp3) is 0.500. The van der Waals surface area contributed by atoms with Crippen molar-refractivity contribution in [1.82, 2.24) is 20.1 Å². The number of benzene rings is 1. The third kappa shape index (κ3) is 5.52. The molecule has 2 heterocycles. The number of rotatable bonds is 7. The molecular formula is C22H30N4O3. The SMILES string of the molecule is COCCCNC(=O)CN1CCN(C(=O)c2cc3ccc(C)cc3nc2C)CC1. The summed E-state index contributed by atoms with van der Waals surface area (Å²) in [6, 6.07) is 8.03. The van der Waals surface area contributed by atoms with E-state index in [4.69, 9.17) is 4.74 Å². The number of piperazine rings is 1. The highest BCUT2D eigenvalue weighted by molar-refractivity contribution is 5.98. The molecule has 0 spiro atoms. The van der Waals surface area contributed by atoms with Crippen molar-refractivity contribution in [3.8, 4) is 0 Å². The van der Waals surface area contributed by atoms with Crippen LogP contribution in [0.1, 0.15) is 28.0 Å². The van der Waals surface area contributed by atoms with Crippen molar-refractivity contribution < 1.29 is 14.3 Å². The number of nitrogens with one attached hydrogen (secondary N) is 1. The molecule has 1 aromatic heterocycles. The van der Waals surface area contributed by atoms with Gasteiger partial charge in [-0.1, -0.05) is 12.1 Å². The lowest BCUT2D eigenvalue weighted by atomic mass is 10.1. The maximum atomic E-state index is 13.0. The van der Waals surface area contributed by atoms with E-state index < -0.39 is 0 Å².